The second-order valence-corrected chi connectivity index (χ2v) is 2.28. The third kappa shape index (κ3) is 1.95. The molecule has 4 nitrogen and oxygen atoms in total. The second kappa shape index (κ2) is 3.71. The molecule has 0 aliphatic heterocycles. The summed E-state index contributed by atoms with van der Waals surface area (Å²) in [5.74, 6) is 0.266. The first-order chi connectivity index (χ1) is 5.74. The van der Waals surface area contributed by atoms with Gasteiger partial charge in [-0.25, -0.2) is 9.97 Å². The summed E-state index contributed by atoms with van der Waals surface area (Å²) in [5.41, 5.74) is 0.301. The van der Waals surface area contributed by atoms with Gasteiger partial charge in [0.15, 0.2) is 5.78 Å². The molecule has 0 amide bonds. The van der Waals surface area contributed by atoms with E-state index in [1.165, 1.54) is 12.3 Å². The third-order valence-electron chi connectivity index (χ3n) is 1.33. The van der Waals surface area contributed by atoms with Crippen molar-refractivity contribution in [3.63, 3.8) is 0 Å². The lowest BCUT2D eigenvalue weighted by Crippen LogP contribution is -2.04. The van der Waals surface area contributed by atoms with Crippen molar-refractivity contribution in [3.05, 3.63) is 23.8 Å². The molecular weight excluding hydrogens is 156 g/mol. The number of aryl methyl sites for hydroxylation is 1. The highest BCUT2D eigenvalue weighted by Gasteiger charge is 2.05. The summed E-state index contributed by atoms with van der Waals surface area (Å²) in [6, 6.07) is 1.50. The molecule has 0 fully saturated rings. The normalized spacial score (nSPS) is 9.42. The minimum Gasteiger partial charge on any atom is -0.303 e. The summed E-state index contributed by atoms with van der Waals surface area (Å²) in [4.78, 5) is 28.8. The van der Waals surface area contributed by atoms with Gasteiger partial charge in [0.2, 0.25) is 0 Å². The van der Waals surface area contributed by atoms with Gasteiger partial charge < -0.3 is 4.79 Å². The fraction of sp³-hybridized carbons (Fsp3) is 0.250. The third-order valence-corrected chi connectivity index (χ3v) is 1.33. The lowest BCUT2D eigenvalue weighted by molar-refractivity contribution is -0.107. The van der Waals surface area contributed by atoms with Crippen LogP contribution in [0.25, 0.3) is 0 Å². The highest BCUT2D eigenvalue weighted by Crippen LogP contribution is 1.97. The van der Waals surface area contributed by atoms with Gasteiger partial charge in [0.1, 0.15) is 17.8 Å². The largest absolute Gasteiger partial charge is 0.303 e. The van der Waals surface area contributed by atoms with E-state index in [4.69, 9.17) is 0 Å². The van der Waals surface area contributed by atoms with Crippen molar-refractivity contribution in [2.75, 3.05) is 0 Å². The Labute approximate surface area is 69.7 Å². The summed E-state index contributed by atoms with van der Waals surface area (Å²) in [6.45, 7) is 1.69. The Morgan fingerprint density at radius 2 is 2.42 bits per heavy atom. The molecule has 1 aromatic heterocycles. The van der Waals surface area contributed by atoms with Crippen molar-refractivity contribution in [1.29, 1.82) is 0 Å². The molecule has 0 aliphatic carbocycles. The van der Waals surface area contributed by atoms with Crippen molar-refractivity contribution >= 4 is 12.1 Å². The molecule has 0 atom stereocenters. The highest BCUT2D eigenvalue weighted by molar-refractivity contribution is 6.01. The van der Waals surface area contributed by atoms with Gasteiger partial charge in [0.05, 0.1) is 6.42 Å². The molecule has 0 aromatic carbocycles. The van der Waals surface area contributed by atoms with Gasteiger partial charge in [0.25, 0.3) is 0 Å². The highest BCUT2D eigenvalue weighted by atomic mass is 16.1. The molecule has 4 heteroatoms. The Bertz CT molecular complexity index is 310. The Hall–Kier alpha value is -1.58. The van der Waals surface area contributed by atoms with E-state index in [0.29, 0.717) is 17.8 Å². The summed E-state index contributed by atoms with van der Waals surface area (Å²) in [5, 5.41) is 0. The van der Waals surface area contributed by atoms with E-state index in [0.717, 1.165) is 0 Å². The molecule has 0 spiro atoms. The van der Waals surface area contributed by atoms with E-state index in [2.05, 4.69) is 9.97 Å². The number of carbonyl (C=O) groups excluding carboxylic acids is 2. The molecule has 0 saturated carbocycles. The molecule has 0 N–H and O–H groups in total. The molecule has 1 aromatic rings. The Morgan fingerprint density at radius 3 is 3.00 bits per heavy atom. The first kappa shape index (κ1) is 8.52. The van der Waals surface area contributed by atoms with E-state index in [-0.39, 0.29) is 12.2 Å². The number of aldehydes is 1. The molecule has 1 heterocycles. The van der Waals surface area contributed by atoms with Crippen LogP contribution in [0.15, 0.2) is 12.3 Å². The molecule has 1 rings (SSSR count). The zero-order valence-electron chi connectivity index (χ0n) is 6.65. The van der Waals surface area contributed by atoms with E-state index in [1.54, 1.807) is 6.92 Å². The number of aromatic nitrogens is 2. The topological polar surface area (TPSA) is 59.9 Å². The van der Waals surface area contributed by atoms with Crippen LogP contribution in [0.3, 0.4) is 0 Å². The number of hydrogen-bond acceptors (Lipinski definition) is 4. The Kier molecular flexibility index (Phi) is 2.63. The van der Waals surface area contributed by atoms with Gasteiger partial charge in [-0.1, -0.05) is 0 Å². The maximum atomic E-state index is 11.1. The number of carbonyl (C=O) groups is 2. The van der Waals surface area contributed by atoms with Crippen LogP contribution in [0, 0.1) is 6.92 Å². The zero-order valence-corrected chi connectivity index (χ0v) is 6.65. The van der Waals surface area contributed by atoms with Crippen molar-refractivity contribution in [3.8, 4) is 0 Å². The molecule has 62 valence electrons. The lowest BCUT2D eigenvalue weighted by atomic mass is 10.2. The monoisotopic (exact) mass is 164 g/mol. The molecular formula is C8H8N2O2. The van der Waals surface area contributed by atoms with Crippen LogP contribution in [0.4, 0.5) is 0 Å². The number of ketones is 1. The first-order valence-electron chi connectivity index (χ1n) is 3.50. The van der Waals surface area contributed by atoms with Crippen LogP contribution < -0.4 is 0 Å². The number of nitrogens with zero attached hydrogens (tertiary/aromatic N) is 2. The van der Waals surface area contributed by atoms with Gasteiger partial charge in [-0.2, -0.15) is 0 Å². The van der Waals surface area contributed by atoms with Gasteiger partial charge in [0, 0.05) is 6.20 Å². The average molecular weight is 164 g/mol. The van der Waals surface area contributed by atoms with E-state index in [1.807, 2.05) is 0 Å². The molecule has 0 unspecified atom stereocenters. The first-order valence-corrected chi connectivity index (χ1v) is 3.50. The average Bonchev–Trinajstić information content (AvgIpc) is 2.05. The Morgan fingerprint density at radius 1 is 1.67 bits per heavy atom. The number of rotatable bonds is 3. The molecule has 12 heavy (non-hydrogen) atoms. The van der Waals surface area contributed by atoms with Gasteiger partial charge in [-0.05, 0) is 13.0 Å². The standard InChI is InChI=1S/C8H8N2O2/c1-6-9-4-2-7(10-6)8(12)3-5-11/h2,4-5H,3H2,1H3. The number of Topliss-reactive ketones (excluding diaryl/α,β-unsaturated/α-hetero) is 1. The quantitative estimate of drug-likeness (QED) is 0.372. The maximum Gasteiger partial charge on any atom is 0.188 e. The smallest absolute Gasteiger partial charge is 0.188 e. The lowest BCUT2D eigenvalue weighted by Gasteiger charge is -1.95. The molecule has 0 bridgehead atoms. The maximum absolute atomic E-state index is 11.1. The Balaban J connectivity index is 2.87. The minimum absolute atomic E-state index is 0.115. The zero-order chi connectivity index (χ0) is 8.97. The fourth-order valence-electron chi connectivity index (χ4n) is 0.792. The SMILES string of the molecule is Cc1nccc(C(=O)CC=O)n1. The predicted molar refractivity (Wildman–Crippen MR) is 41.8 cm³/mol. The predicted octanol–water partition coefficient (Wildman–Crippen LogP) is 0.557. The minimum atomic E-state index is -0.268. The van der Waals surface area contributed by atoms with E-state index < -0.39 is 0 Å². The summed E-state index contributed by atoms with van der Waals surface area (Å²) < 4.78 is 0. The van der Waals surface area contributed by atoms with E-state index >= 15 is 0 Å². The summed E-state index contributed by atoms with van der Waals surface area (Å²) >= 11 is 0. The van der Waals surface area contributed by atoms with Gasteiger partial charge >= 0.3 is 0 Å². The summed E-state index contributed by atoms with van der Waals surface area (Å²) in [7, 11) is 0. The van der Waals surface area contributed by atoms with Crippen molar-refractivity contribution < 1.29 is 9.59 Å². The van der Waals surface area contributed by atoms with Crippen LogP contribution in [0.2, 0.25) is 0 Å². The van der Waals surface area contributed by atoms with Crippen LogP contribution in [0.5, 0.6) is 0 Å². The molecule has 0 saturated heterocycles. The van der Waals surface area contributed by atoms with Crippen LogP contribution in [0.1, 0.15) is 22.7 Å². The number of hydrogen-bond donors (Lipinski definition) is 0. The van der Waals surface area contributed by atoms with Gasteiger partial charge in [-0.3, -0.25) is 4.79 Å². The second-order valence-electron chi connectivity index (χ2n) is 2.28. The van der Waals surface area contributed by atoms with Crippen LogP contribution >= 0.6 is 0 Å². The van der Waals surface area contributed by atoms with Crippen molar-refractivity contribution in [1.82, 2.24) is 9.97 Å². The molecule has 0 aliphatic rings. The van der Waals surface area contributed by atoms with Crippen molar-refractivity contribution in [2.45, 2.75) is 13.3 Å². The van der Waals surface area contributed by atoms with Gasteiger partial charge in [-0.15, -0.1) is 0 Å². The van der Waals surface area contributed by atoms with E-state index in [9.17, 15) is 9.59 Å². The van der Waals surface area contributed by atoms with Crippen LogP contribution in [-0.2, 0) is 4.79 Å². The molecule has 0 radical (unpaired) electrons. The fourth-order valence-corrected chi connectivity index (χ4v) is 0.792. The summed E-state index contributed by atoms with van der Waals surface area (Å²) in [6.07, 6.45) is 1.95. The van der Waals surface area contributed by atoms with Crippen molar-refractivity contribution in [2.24, 2.45) is 0 Å². The van der Waals surface area contributed by atoms with Crippen LogP contribution in [-0.4, -0.2) is 22.0 Å².